The Kier molecular flexibility index (Phi) is 58.1. The Morgan fingerprint density at radius 1 is 0.126 bits per heavy atom. The molecule has 11 fully saturated rings. The monoisotopic (exact) mass is 1330 g/mol. The summed E-state index contributed by atoms with van der Waals surface area (Å²) in [5, 5.41) is 0. The molecule has 0 bridgehead atoms. The molecule has 14 unspecified atom stereocenters. The average molecular weight is 1330 g/mol. The minimum Gasteiger partial charge on any atom is -0.0651 e. The SMILES string of the molecule is CC1CCC(C)C1.CC1CCC(C)CC1.CC1CCCC(C)C1.CCC1CCC(C)C1.CCC1CCC(C)C1.CCC1CCC(C)CC1.CCC1CCC(C)CC1.CCC1CCC(CC)CC1.CCC1CCCC(C)C1.CCC1CCCC(C)C1.CCC1CCCC(CC)C1. The van der Waals surface area contributed by atoms with Crippen LogP contribution in [0.4, 0.5) is 0 Å². The summed E-state index contributed by atoms with van der Waals surface area (Å²) in [4.78, 5) is 0. The Hall–Kier alpha value is 0. The summed E-state index contributed by atoms with van der Waals surface area (Å²) in [5.74, 6) is 22.9. The first-order valence-corrected chi connectivity index (χ1v) is 45.5. The van der Waals surface area contributed by atoms with Crippen molar-refractivity contribution in [2.45, 2.75) is 480 Å². The van der Waals surface area contributed by atoms with Crippen molar-refractivity contribution in [2.24, 2.45) is 130 Å². The van der Waals surface area contributed by atoms with Crippen LogP contribution < -0.4 is 0 Å². The van der Waals surface area contributed by atoms with Crippen molar-refractivity contribution in [3.63, 3.8) is 0 Å². The Morgan fingerprint density at radius 3 is 0.442 bits per heavy atom. The van der Waals surface area contributed by atoms with Gasteiger partial charge in [0.25, 0.3) is 0 Å². The molecule has 11 rings (SSSR count). The second-order valence-electron chi connectivity index (χ2n) is 37.7. The van der Waals surface area contributed by atoms with E-state index in [4.69, 9.17) is 0 Å². The van der Waals surface area contributed by atoms with E-state index >= 15 is 0 Å². The van der Waals surface area contributed by atoms with Crippen LogP contribution in [0.1, 0.15) is 480 Å². The highest BCUT2D eigenvalue weighted by Crippen LogP contribution is 2.38. The summed E-state index contributed by atoms with van der Waals surface area (Å²) >= 11 is 0. The zero-order valence-corrected chi connectivity index (χ0v) is 70.8. The van der Waals surface area contributed by atoms with E-state index in [2.05, 4.69) is 152 Å². The predicted octanol–water partition coefficient (Wildman–Crippen LogP) is 33.9. The van der Waals surface area contributed by atoms with E-state index in [1.54, 1.807) is 0 Å². The summed E-state index contributed by atoms with van der Waals surface area (Å²) in [6, 6.07) is 0. The first-order chi connectivity index (χ1) is 45.5. The maximum absolute atomic E-state index is 2.39. The van der Waals surface area contributed by atoms with Crippen LogP contribution >= 0.6 is 0 Å². The molecule has 11 aliphatic rings. The van der Waals surface area contributed by atoms with Crippen LogP contribution in [0.25, 0.3) is 0 Å². The molecular weight excluding hydrogens is 1140 g/mol. The van der Waals surface area contributed by atoms with E-state index in [9.17, 15) is 0 Å². The molecule has 0 amide bonds. The normalized spacial score (nSPS) is 37.3. The van der Waals surface area contributed by atoms with Crippen LogP contribution in [-0.4, -0.2) is 0 Å². The molecule has 0 radical (unpaired) electrons. The molecule has 0 N–H and O–H groups in total. The highest BCUT2D eigenvalue weighted by molar-refractivity contribution is 4.76. The van der Waals surface area contributed by atoms with Gasteiger partial charge in [-0.3, -0.25) is 0 Å². The van der Waals surface area contributed by atoms with Crippen LogP contribution in [0.3, 0.4) is 0 Å². The quantitative estimate of drug-likeness (QED) is 0.205. The molecular formula is C95H190. The predicted molar refractivity (Wildman–Crippen MR) is 437 cm³/mol. The summed E-state index contributed by atoms with van der Waals surface area (Å²) in [6.45, 7) is 51.7. The first-order valence-electron chi connectivity index (χ1n) is 45.5. The summed E-state index contributed by atoms with van der Waals surface area (Å²) in [5.41, 5.74) is 0. The van der Waals surface area contributed by atoms with Gasteiger partial charge in [0.2, 0.25) is 0 Å². The highest BCUT2D eigenvalue weighted by atomic mass is 14.3. The van der Waals surface area contributed by atoms with Gasteiger partial charge in [-0.15, -0.1) is 0 Å². The number of hydrogen-bond donors (Lipinski definition) is 0. The molecule has 14 atom stereocenters. The third kappa shape index (κ3) is 49.3. The topological polar surface area (TPSA) is 0 Å². The Labute approximate surface area is 606 Å². The van der Waals surface area contributed by atoms with Crippen LogP contribution in [0, 0.1) is 130 Å². The lowest BCUT2D eigenvalue weighted by Crippen LogP contribution is -2.13. The Morgan fingerprint density at radius 2 is 0.263 bits per heavy atom. The van der Waals surface area contributed by atoms with Gasteiger partial charge in [0.15, 0.2) is 0 Å². The van der Waals surface area contributed by atoms with E-state index in [0.29, 0.717) is 0 Å². The molecule has 11 aliphatic carbocycles. The van der Waals surface area contributed by atoms with Gasteiger partial charge in [-0.1, -0.05) is 435 Å². The molecule has 0 saturated heterocycles. The lowest BCUT2D eigenvalue weighted by atomic mass is 9.79. The van der Waals surface area contributed by atoms with Crippen molar-refractivity contribution in [1.82, 2.24) is 0 Å². The average Bonchev–Trinajstić information content (AvgIpc) is 3.64. The molecule has 570 valence electrons. The van der Waals surface area contributed by atoms with Crippen LogP contribution in [-0.2, 0) is 0 Å². The zero-order valence-electron chi connectivity index (χ0n) is 70.8. The van der Waals surface area contributed by atoms with Gasteiger partial charge in [-0.05, 0) is 175 Å². The Bertz CT molecular complexity index is 1460. The molecule has 0 aromatic heterocycles. The van der Waals surface area contributed by atoms with E-state index in [0.717, 1.165) is 130 Å². The second-order valence-corrected chi connectivity index (χ2v) is 37.7. The molecule has 0 spiro atoms. The molecule has 0 heterocycles. The minimum atomic E-state index is 1.01. The molecule has 0 aliphatic heterocycles. The number of hydrogen-bond acceptors (Lipinski definition) is 0. The minimum absolute atomic E-state index is 1.01. The fourth-order valence-corrected chi connectivity index (χ4v) is 19.6. The standard InChI is InChI=1S/2C10H20.4C9H18.4C8H16.C7H14/c1-3-9-5-7-10(4-2)8-6-9;1-3-9-6-5-7-10(4-2)8-9;2*1-3-9-6-4-8(2)5-7-9;2*1-3-9-6-4-5-8(2)7-9;1-7-3-5-8(2)6-4-7;1-7-4-3-5-8(2)6-7;2*1-3-8-5-4-7(2)6-8;1-6-3-4-7(2)5-6/h2*9-10H,3-8H2,1-2H3;4*8-9H,3-7H2,1-2H3;4*7-8H,3-6H2,1-2H3;6-7H,3-5H2,1-2H3. The maximum Gasteiger partial charge on any atom is -0.0414 e. The van der Waals surface area contributed by atoms with E-state index < -0.39 is 0 Å². The first kappa shape index (κ1) is 93.0. The second kappa shape index (κ2) is 59.4. The molecule has 0 nitrogen and oxygen atoms in total. The van der Waals surface area contributed by atoms with Crippen molar-refractivity contribution in [2.75, 3.05) is 0 Å². The largest absolute Gasteiger partial charge is 0.0651 e. The molecule has 95 heavy (non-hydrogen) atoms. The van der Waals surface area contributed by atoms with Crippen LogP contribution in [0.5, 0.6) is 0 Å². The van der Waals surface area contributed by atoms with Crippen molar-refractivity contribution in [3.05, 3.63) is 0 Å². The van der Waals surface area contributed by atoms with E-state index in [-0.39, 0.29) is 0 Å². The summed E-state index contributed by atoms with van der Waals surface area (Å²) in [6.07, 6.45) is 75.2. The van der Waals surface area contributed by atoms with Crippen molar-refractivity contribution in [1.29, 1.82) is 0 Å². The molecule has 0 heteroatoms. The molecule has 0 aromatic rings. The smallest absolute Gasteiger partial charge is 0.0414 e. The van der Waals surface area contributed by atoms with Crippen molar-refractivity contribution >= 4 is 0 Å². The maximum atomic E-state index is 2.39. The van der Waals surface area contributed by atoms with E-state index in [1.165, 1.54) is 327 Å². The van der Waals surface area contributed by atoms with Gasteiger partial charge >= 0.3 is 0 Å². The van der Waals surface area contributed by atoms with Crippen LogP contribution in [0.2, 0.25) is 0 Å². The number of rotatable bonds is 10. The van der Waals surface area contributed by atoms with Crippen molar-refractivity contribution in [3.8, 4) is 0 Å². The fraction of sp³-hybridized carbons (Fsp3) is 1.00. The lowest BCUT2D eigenvalue weighted by Gasteiger charge is -2.27. The third-order valence-corrected chi connectivity index (χ3v) is 28.1. The lowest BCUT2D eigenvalue weighted by molar-refractivity contribution is 0.255. The van der Waals surface area contributed by atoms with Gasteiger partial charge in [0.05, 0.1) is 0 Å². The summed E-state index contributed by atoms with van der Waals surface area (Å²) < 4.78 is 0. The fourth-order valence-electron chi connectivity index (χ4n) is 19.6. The van der Waals surface area contributed by atoms with E-state index in [1.807, 2.05) is 0 Å². The highest BCUT2D eigenvalue weighted by Gasteiger charge is 2.24. The van der Waals surface area contributed by atoms with Gasteiger partial charge in [0, 0.05) is 0 Å². The van der Waals surface area contributed by atoms with Crippen molar-refractivity contribution < 1.29 is 0 Å². The van der Waals surface area contributed by atoms with Gasteiger partial charge < -0.3 is 0 Å². The molecule has 11 saturated carbocycles. The third-order valence-electron chi connectivity index (χ3n) is 28.1. The van der Waals surface area contributed by atoms with Gasteiger partial charge in [-0.2, -0.15) is 0 Å². The van der Waals surface area contributed by atoms with Crippen LogP contribution in [0.15, 0.2) is 0 Å². The van der Waals surface area contributed by atoms with Gasteiger partial charge in [-0.25, -0.2) is 0 Å². The zero-order chi connectivity index (χ0) is 70.8. The molecule has 0 aromatic carbocycles. The Balaban J connectivity index is 0.000000523. The van der Waals surface area contributed by atoms with Gasteiger partial charge in [0.1, 0.15) is 0 Å². The summed E-state index contributed by atoms with van der Waals surface area (Å²) in [7, 11) is 0.